The summed E-state index contributed by atoms with van der Waals surface area (Å²) in [5.74, 6) is 0.786. The van der Waals surface area contributed by atoms with Crippen molar-refractivity contribution in [1.82, 2.24) is 19.7 Å². The van der Waals surface area contributed by atoms with Crippen LogP contribution in [-0.2, 0) is 7.05 Å². The van der Waals surface area contributed by atoms with Crippen LogP contribution in [0.3, 0.4) is 0 Å². The van der Waals surface area contributed by atoms with E-state index >= 15 is 0 Å². The van der Waals surface area contributed by atoms with Gasteiger partial charge < -0.3 is 10.5 Å². The van der Waals surface area contributed by atoms with Crippen LogP contribution in [0.5, 0.6) is 5.75 Å². The molecule has 0 radical (unpaired) electrons. The molecule has 0 saturated heterocycles. The third kappa shape index (κ3) is 2.54. The lowest BCUT2D eigenvalue weighted by molar-refractivity contribution is 0.413. The van der Waals surface area contributed by atoms with Gasteiger partial charge in [0.05, 0.1) is 25.2 Å². The van der Waals surface area contributed by atoms with E-state index in [9.17, 15) is 5.26 Å². The molecular weight excluding hydrogens is 304 g/mol. The maximum atomic E-state index is 9.54. The Hall–Kier alpha value is -3.40. The predicted molar refractivity (Wildman–Crippen MR) is 90.1 cm³/mol. The molecular formula is C17H16N6O. The third-order valence-corrected chi connectivity index (χ3v) is 3.80. The van der Waals surface area contributed by atoms with Crippen molar-refractivity contribution in [3.8, 4) is 34.2 Å². The molecule has 0 bridgehead atoms. The van der Waals surface area contributed by atoms with Crippen molar-refractivity contribution in [2.24, 2.45) is 7.05 Å². The molecule has 0 saturated carbocycles. The fourth-order valence-corrected chi connectivity index (χ4v) is 2.66. The van der Waals surface area contributed by atoms with Gasteiger partial charge in [0.1, 0.15) is 23.2 Å². The summed E-state index contributed by atoms with van der Waals surface area (Å²) >= 11 is 0. The molecule has 0 aliphatic rings. The van der Waals surface area contributed by atoms with E-state index in [4.69, 9.17) is 10.5 Å². The smallest absolute Gasteiger partial charge is 0.142 e. The molecule has 120 valence electrons. The number of aryl methyl sites for hydroxylation is 1. The molecule has 0 aliphatic carbocycles. The Bertz CT molecular complexity index is 954. The minimum atomic E-state index is 0.180. The van der Waals surface area contributed by atoms with E-state index < -0.39 is 0 Å². The van der Waals surface area contributed by atoms with Gasteiger partial charge in [-0.2, -0.15) is 10.4 Å². The lowest BCUT2D eigenvalue weighted by atomic mass is 9.94. The van der Waals surface area contributed by atoms with Gasteiger partial charge in [-0.1, -0.05) is 0 Å². The van der Waals surface area contributed by atoms with E-state index in [1.807, 2.05) is 26.2 Å². The van der Waals surface area contributed by atoms with Crippen molar-refractivity contribution in [1.29, 1.82) is 5.26 Å². The summed E-state index contributed by atoms with van der Waals surface area (Å²) < 4.78 is 6.92. The monoisotopic (exact) mass is 320 g/mol. The Labute approximate surface area is 139 Å². The lowest BCUT2D eigenvalue weighted by Crippen LogP contribution is -2.03. The maximum Gasteiger partial charge on any atom is 0.142 e. The predicted octanol–water partition coefficient (Wildman–Crippen LogP) is 2.31. The number of ether oxygens (including phenoxy) is 1. The zero-order valence-electron chi connectivity index (χ0n) is 13.6. The number of nitrogens with two attached hydrogens (primary N) is 1. The number of hydrogen-bond donors (Lipinski definition) is 1. The van der Waals surface area contributed by atoms with Crippen LogP contribution in [-0.4, -0.2) is 26.9 Å². The highest BCUT2D eigenvalue weighted by Crippen LogP contribution is 2.36. The molecule has 0 spiro atoms. The van der Waals surface area contributed by atoms with Crippen molar-refractivity contribution in [3.05, 3.63) is 42.0 Å². The molecule has 2 N–H and O–H groups in total. The van der Waals surface area contributed by atoms with Gasteiger partial charge >= 0.3 is 0 Å². The number of rotatable bonds is 3. The number of pyridine rings is 2. The Kier molecular flexibility index (Phi) is 3.88. The maximum absolute atomic E-state index is 9.54. The molecule has 3 heterocycles. The van der Waals surface area contributed by atoms with E-state index in [-0.39, 0.29) is 5.82 Å². The van der Waals surface area contributed by atoms with Gasteiger partial charge in [0.25, 0.3) is 0 Å². The Morgan fingerprint density at radius 2 is 2.04 bits per heavy atom. The number of nitrogens with zero attached hydrogens (tertiary/aromatic N) is 5. The van der Waals surface area contributed by atoms with Crippen LogP contribution in [0.4, 0.5) is 5.82 Å². The molecule has 0 unspecified atom stereocenters. The summed E-state index contributed by atoms with van der Waals surface area (Å²) in [6.07, 6.45) is 6.86. The first-order valence-electron chi connectivity index (χ1n) is 7.23. The molecule has 7 heteroatoms. The van der Waals surface area contributed by atoms with Gasteiger partial charge in [-0.25, -0.2) is 4.98 Å². The third-order valence-electron chi connectivity index (χ3n) is 3.80. The molecule has 3 rings (SSSR count). The van der Waals surface area contributed by atoms with Crippen molar-refractivity contribution in [2.45, 2.75) is 6.92 Å². The van der Waals surface area contributed by atoms with Gasteiger partial charge in [0, 0.05) is 36.1 Å². The Morgan fingerprint density at radius 1 is 1.25 bits per heavy atom. The van der Waals surface area contributed by atoms with E-state index in [2.05, 4.69) is 21.1 Å². The van der Waals surface area contributed by atoms with E-state index in [0.717, 1.165) is 16.7 Å². The van der Waals surface area contributed by atoms with Gasteiger partial charge in [0.2, 0.25) is 0 Å². The molecule has 0 aliphatic heterocycles. The van der Waals surface area contributed by atoms with Crippen molar-refractivity contribution >= 4 is 5.82 Å². The first kappa shape index (κ1) is 15.5. The number of hydrogen-bond acceptors (Lipinski definition) is 6. The number of anilines is 1. The SMILES string of the molecule is COc1cncc(-c2c(C)c(-c3cnn(C)c3)nc(N)c2C#N)c1. The second kappa shape index (κ2) is 6.01. The van der Waals surface area contributed by atoms with Crippen LogP contribution in [0, 0.1) is 18.3 Å². The van der Waals surface area contributed by atoms with Crippen LogP contribution in [0.1, 0.15) is 11.1 Å². The average molecular weight is 320 g/mol. The average Bonchev–Trinajstić information content (AvgIpc) is 3.02. The number of nitriles is 1. The Balaban J connectivity index is 2.31. The van der Waals surface area contributed by atoms with E-state index in [1.165, 1.54) is 0 Å². The first-order chi connectivity index (χ1) is 11.5. The highest BCUT2D eigenvalue weighted by Gasteiger charge is 2.19. The van der Waals surface area contributed by atoms with Crippen molar-refractivity contribution < 1.29 is 4.74 Å². The van der Waals surface area contributed by atoms with Gasteiger partial charge in [-0.3, -0.25) is 9.67 Å². The summed E-state index contributed by atoms with van der Waals surface area (Å²) in [6.45, 7) is 1.91. The molecule has 0 fully saturated rings. The second-order valence-corrected chi connectivity index (χ2v) is 5.35. The quantitative estimate of drug-likeness (QED) is 0.794. The van der Waals surface area contributed by atoms with Gasteiger partial charge in [-0.05, 0) is 18.6 Å². The molecule has 0 amide bonds. The molecule has 24 heavy (non-hydrogen) atoms. The second-order valence-electron chi connectivity index (χ2n) is 5.35. The van der Waals surface area contributed by atoms with Crippen LogP contribution >= 0.6 is 0 Å². The standard InChI is InChI=1S/C17H16N6O/c1-10-15(11-4-13(24-3)8-20-6-11)14(5-18)17(19)22-16(10)12-7-21-23(2)9-12/h4,6-9H,1-3H3,(H2,19,22). The van der Waals surface area contributed by atoms with E-state index in [0.29, 0.717) is 22.6 Å². The summed E-state index contributed by atoms with van der Waals surface area (Å²) in [4.78, 5) is 8.58. The summed E-state index contributed by atoms with van der Waals surface area (Å²) in [5, 5.41) is 13.7. The lowest BCUT2D eigenvalue weighted by Gasteiger charge is -2.14. The summed E-state index contributed by atoms with van der Waals surface area (Å²) in [6, 6.07) is 3.97. The van der Waals surface area contributed by atoms with Gasteiger partial charge in [-0.15, -0.1) is 0 Å². The fourth-order valence-electron chi connectivity index (χ4n) is 2.66. The molecule has 0 aromatic carbocycles. The van der Waals surface area contributed by atoms with Crippen LogP contribution < -0.4 is 10.5 Å². The van der Waals surface area contributed by atoms with Crippen LogP contribution in [0.25, 0.3) is 22.4 Å². The highest BCUT2D eigenvalue weighted by molar-refractivity contribution is 5.84. The number of nitrogen functional groups attached to an aromatic ring is 1. The topological polar surface area (TPSA) is 103 Å². The minimum Gasteiger partial charge on any atom is -0.495 e. The Morgan fingerprint density at radius 3 is 2.67 bits per heavy atom. The summed E-state index contributed by atoms with van der Waals surface area (Å²) in [5.41, 5.74) is 10.2. The molecule has 7 nitrogen and oxygen atoms in total. The van der Waals surface area contributed by atoms with E-state index in [1.54, 1.807) is 30.4 Å². The van der Waals surface area contributed by atoms with Crippen LogP contribution in [0.2, 0.25) is 0 Å². The fraction of sp³-hybridized carbons (Fsp3) is 0.176. The number of methoxy groups -OCH3 is 1. The molecule has 0 atom stereocenters. The van der Waals surface area contributed by atoms with Gasteiger partial charge in [0.15, 0.2) is 0 Å². The first-order valence-corrected chi connectivity index (χ1v) is 7.23. The molecule has 3 aromatic rings. The molecule has 3 aromatic heterocycles. The van der Waals surface area contributed by atoms with Crippen molar-refractivity contribution in [3.63, 3.8) is 0 Å². The number of aromatic nitrogens is 4. The highest BCUT2D eigenvalue weighted by atomic mass is 16.5. The van der Waals surface area contributed by atoms with Crippen LogP contribution in [0.15, 0.2) is 30.9 Å². The largest absolute Gasteiger partial charge is 0.495 e. The zero-order chi connectivity index (χ0) is 17.3. The zero-order valence-corrected chi connectivity index (χ0v) is 13.6. The summed E-state index contributed by atoms with van der Waals surface area (Å²) in [7, 11) is 3.40. The minimum absolute atomic E-state index is 0.180. The normalized spacial score (nSPS) is 10.4. The van der Waals surface area contributed by atoms with Crippen molar-refractivity contribution in [2.75, 3.05) is 12.8 Å².